The van der Waals surface area contributed by atoms with Gasteiger partial charge in [0.15, 0.2) is 0 Å². The Kier molecular flexibility index (Phi) is 1.75. The number of likely N-dealkylation sites (N-methyl/N-ethyl adjacent to an activating group) is 1. The largest absolute Gasteiger partial charge is 0.370 e. The van der Waals surface area contributed by atoms with Gasteiger partial charge in [-0.15, -0.1) is 0 Å². The third kappa shape index (κ3) is 1.07. The van der Waals surface area contributed by atoms with Crippen LogP contribution in [0.15, 0.2) is 12.1 Å². The van der Waals surface area contributed by atoms with Gasteiger partial charge in [0, 0.05) is 25.2 Å². The normalized spacial score (nSPS) is 15.0. The number of aromatic nitrogens is 1. The summed E-state index contributed by atoms with van der Waals surface area (Å²) in [7, 11) is 0. The average Bonchev–Trinajstić information content (AvgIpc) is 2.46. The lowest BCUT2D eigenvalue weighted by atomic mass is 10.2. The summed E-state index contributed by atoms with van der Waals surface area (Å²) in [6, 6.07) is 4.28. The van der Waals surface area contributed by atoms with Gasteiger partial charge in [-0.05, 0) is 26.0 Å². The average molecular weight is 162 g/mol. The zero-order valence-corrected chi connectivity index (χ0v) is 7.67. The van der Waals surface area contributed by atoms with Gasteiger partial charge in [0.2, 0.25) is 0 Å². The highest BCUT2D eigenvalue weighted by atomic mass is 15.2. The molecule has 0 amide bonds. The van der Waals surface area contributed by atoms with Crippen LogP contribution in [0, 0.1) is 6.92 Å². The molecule has 0 aromatic carbocycles. The van der Waals surface area contributed by atoms with E-state index in [0.29, 0.717) is 0 Å². The van der Waals surface area contributed by atoms with Gasteiger partial charge in [-0.25, -0.2) is 0 Å². The highest BCUT2D eigenvalue weighted by Gasteiger charge is 2.17. The number of nitrogens with zero attached hydrogens (tertiary/aromatic N) is 2. The van der Waals surface area contributed by atoms with Crippen molar-refractivity contribution in [3.63, 3.8) is 0 Å². The molecule has 0 unspecified atom stereocenters. The quantitative estimate of drug-likeness (QED) is 0.625. The molecule has 1 aliphatic heterocycles. The monoisotopic (exact) mass is 162 g/mol. The zero-order chi connectivity index (χ0) is 8.55. The van der Waals surface area contributed by atoms with Crippen molar-refractivity contribution in [2.45, 2.75) is 20.3 Å². The number of aryl methyl sites for hydroxylation is 1. The van der Waals surface area contributed by atoms with Crippen molar-refractivity contribution < 1.29 is 0 Å². The fourth-order valence-electron chi connectivity index (χ4n) is 1.76. The van der Waals surface area contributed by atoms with Gasteiger partial charge < -0.3 is 4.90 Å². The van der Waals surface area contributed by atoms with Crippen LogP contribution in [0.3, 0.4) is 0 Å². The number of rotatable bonds is 1. The molecule has 0 spiro atoms. The molecule has 0 fully saturated rings. The van der Waals surface area contributed by atoms with Crippen molar-refractivity contribution in [1.82, 2.24) is 4.98 Å². The summed E-state index contributed by atoms with van der Waals surface area (Å²) in [4.78, 5) is 6.89. The van der Waals surface area contributed by atoms with Crippen LogP contribution in [0.2, 0.25) is 0 Å². The maximum atomic E-state index is 4.51. The van der Waals surface area contributed by atoms with Crippen LogP contribution in [0.25, 0.3) is 0 Å². The molecule has 2 rings (SSSR count). The molecular weight excluding hydrogens is 148 g/mol. The van der Waals surface area contributed by atoms with Crippen molar-refractivity contribution in [3.05, 3.63) is 23.5 Å². The summed E-state index contributed by atoms with van der Waals surface area (Å²) < 4.78 is 0. The minimum absolute atomic E-state index is 1.09. The van der Waals surface area contributed by atoms with Gasteiger partial charge in [0.25, 0.3) is 0 Å². The predicted molar refractivity (Wildman–Crippen MR) is 50.6 cm³/mol. The van der Waals surface area contributed by atoms with Crippen LogP contribution in [0.5, 0.6) is 0 Å². The molecule has 1 aromatic rings. The molecule has 0 atom stereocenters. The number of anilines is 1. The second-order valence-corrected chi connectivity index (χ2v) is 3.25. The van der Waals surface area contributed by atoms with E-state index >= 15 is 0 Å². The fraction of sp³-hybridized carbons (Fsp3) is 0.500. The third-order valence-electron chi connectivity index (χ3n) is 2.43. The molecule has 2 nitrogen and oxygen atoms in total. The number of fused-ring (bicyclic) bond motifs is 1. The smallest absolute Gasteiger partial charge is 0.0657 e. The third-order valence-corrected chi connectivity index (χ3v) is 2.43. The lowest BCUT2D eigenvalue weighted by molar-refractivity contribution is 0.864. The number of hydrogen-bond donors (Lipinski definition) is 0. The van der Waals surface area contributed by atoms with Crippen molar-refractivity contribution in [2.24, 2.45) is 0 Å². The number of hydrogen-bond acceptors (Lipinski definition) is 2. The van der Waals surface area contributed by atoms with E-state index < -0.39 is 0 Å². The van der Waals surface area contributed by atoms with Gasteiger partial charge >= 0.3 is 0 Å². The summed E-state index contributed by atoms with van der Waals surface area (Å²) in [6.07, 6.45) is 1.12. The molecule has 12 heavy (non-hydrogen) atoms. The minimum Gasteiger partial charge on any atom is -0.370 e. The second-order valence-electron chi connectivity index (χ2n) is 3.25. The highest BCUT2D eigenvalue weighted by Crippen LogP contribution is 2.25. The Morgan fingerprint density at radius 3 is 3.08 bits per heavy atom. The molecule has 1 aromatic heterocycles. The summed E-state index contributed by atoms with van der Waals surface area (Å²) in [5.74, 6) is 0. The molecule has 0 bridgehead atoms. The van der Waals surface area contributed by atoms with Crippen LogP contribution in [-0.2, 0) is 6.42 Å². The van der Waals surface area contributed by atoms with E-state index in [1.54, 1.807) is 0 Å². The van der Waals surface area contributed by atoms with Gasteiger partial charge in [0.1, 0.15) is 0 Å². The first-order valence-electron chi connectivity index (χ1n) is 4.52. The first-order valence-corrected chi connectivity index (χ1v) is 4.52. The van der Waals surface area contributed by atoms with Crippen molar-refractivity contribution >= 4 is 5.69 Å². The van der Waals surface area contributed by atoms with Crippen LogP contribution in [-0.4, -0.2) is 18.1 Å². The van der Waals surface area contributed by atoms with Crippen molar-refractivity contribution in [1.29, 1.82) is 0 Å². The fourth-order valence-corrected chi connectivity index (χ4v) is 1.76. The topological polar surface area (TPSA) is 16.1 Å². The van der Waals surface area contributed by atoms with Crippen LogP contribution in [0.1, 0.15) is 18.3 Å². The summed E-state index contributed by atoms with van der Waals surface area (Å²) in [5, 5.41) is 0. The Bertz CT molecular complexity index is 294. The molecule has 0 aliphatic carbocycles. The molecule has 2 heterocycles. The molecule has 0 saturated carbocycles. The van der Waals surface area contributed by atoms with E-state index in [0.717, 1.165) is 25.2 Å². The standard InChI is InChI=1S/C10H14N2/c1-3-12-7-6-9-10(12)5-4-8(2)11-9/h4-5H,3,6-7H2,1-2H3. The number of pyridine rings is 1. The summed E-state index contributed by atoms with van der Waals surface area (Å²) in [5.41, 5.74) is 3.74. The van der Waals surface area contributed by atoms with Crippen LogP contribution < -0.4 is 4.90 Å². The highest BCUT2D eigenvalue weighted by molar-refractivity contribution is 5.55. The Balaban J connectivity index is 2.40. The molecular formula is C10H14N2. The van der Waals surface area contributed by atoms with Gasteiger partial charge in [-0.2, -0.15) is 0 Å². The van der Waals surface area contributed by atoms with Crippen LogP contribution in [0.4, 0.5) is 5.69 Å². The van der Waals surface area contributed by atoms with E-state index in [2.05, 4.69) is 35.9 Å². The molecule has 0 N–H and O–H groups in total. The van der Waals surface area contributed by atoms with Crippen molar-refractivity contribution in [3.8, 4) is 0 Å². The maximum Gasteiger partial charge on any atom is 0.0657 e. The SMILES string of the molecule is CCN1CCc2nc(C)ccc21. The Hall–Kier alpha value is -1.05. The van der Waals surface area contributed by atoms with Crippen LogP contribution >= 0.6 is 0 Å². The summed E-state index contributed by atoms with van der Waals surface area (Å²) in [6.45, 7) is 6.48. The summed E-state index contributed by atoms with van der Waals surface area (Å²) >= 11 is 0. The first-order chi connectivity index (χ1) is 5.81. The molecule has 2 heteroatoms. The Morgan fingerprint density at radius 1 is 1.50 bits per heavy atom. The second kappa shape index (κ2) is 2.77. The Morgan fingerprint density at radius 2 is 2.33 bits per heavy atom. The zero-order valence-electron chi connectivity index (χ0n) is 7.67. The van der Waals surface area contributed by atoms with E-state index in [-0.39, 0.29) is 0 Å². The van der Waals surface area contributed by atoms with Gasteiger partial charge in [-0.1, -0.05) is 0 Å². The van der Waals surface area contributed by atoms with Crippen molar-refractivity contribution in [2.75, 3.05) is 18.0 Å². The minimum atomic E-state index is 1.09. The first kappa shape index (κ1) is 7.59. The van der Waals surface area contributed by atoms with Gasteiger partial charge in [0.05, 0.1) is 11.4 Å². The lowest BCUT2D eigenvalue weighted by Crippen LogP contribution is -2.18. The van der Waals surface area contributed by atoms with E-state index in [4.69, 9.17) is 0 Å². The van der Waals surface area contributed by atoms with E-state index in [1.165, 1.54) is 11.4 Å². The maximum absolute atomic E-state index is 4.51. The molecule has 64 valence electrons. The predicted octanol–water partition coefficient (Wildman–Crippen LogP) is 1.77. The molecule has 0 radical (unpaired) electrons. The molecule has 1 aliphatic rings. The van der Waals surface area contributed by atoms with E-state index in [9.17, 15) is 0 Å². The Labute approximate surface area is 73.2 Å². The van der Waals surface area contributed by atoms with E-state index in [1.807, 2.05) is 0 Å². The molecule has 0 saturated heterocycles. The van der Waals surface area contributed by atoms with Gasteiger partial charge in [-0.3, -0.25) is 4.98 Å². The lowest BCUT2D eigenvalue weighted by Gasteiger charge is -2.15.